The van der Waals surface area contributed by atoms with Crippen LogP contribution in [-0.4, -0.2) is 65.4 Å². The molecule has 0 fully saturated rings. The first-order chi connectivity index (χ1) is 24.2. The van der Waals surface area contributed by atoms with Crippen LogP contribution < -0.4 is 111 Å². The van der Waals surface area contributed by atoms with Crippen molar-refractivity contribution in [1.29, 1.82) is 0 Å². The fourth-order valence-electron chi connectivity index (χ4n) is 5.29. The normalized spacial score (nSPS) is 12.7. The summed E-state index contributed by atoms with van der Waals surface area (Å²) in [6.45, 7) is 1.48. The molecule has 0 atom stereocenters. The van der Waals surface area contributed by atoms with E-state index < -0.39 is 79.2 Å². The van der Waals surface area contributed by atoms with Gasteiger partial charge in [-0.05, 0) is 66.6 Å². The van der Waals surface area contributed by atoms with Crippen LogP contribution in [0.5, 0.6) is 0 Å². The second-order valence-corrected chi connectivity index (χ2v) is 15.4. The number of nitrogen functional groups attached to an aromatic ring is 1. The number of aromatic nitrogens is 3. The zero-order valence-corrected chi connectivity index (χ0v) is 38.1. The Kier molecular flexibility index (Phi) is 14.9. The predicted octanol–water partition coefficient (Wildman–Crippen LogP) is -6.43. The molecule has 0 unspecified atom stereocenters. The summed E-state index contributed by atoms with van der Waals surface area (Å²) in [4.78, 5) is 39.4. The van der Waals surface area contributed by atoms with Crippen LogP contribution in [0.15, 0.2) is 86.4 Å². The summed E-state index contributed by atoms with van der Waals surface area (Å²) < 4.78 is 107. The third kappa shape index (κ3) is 9.95. The Hall–Kier alpha value is -2.55. The minimum Gasteiger partial charge on any atom is -0.744 e. The maximum atomic E-state index is 13.7. The van der Waals surface area contributed by atoms with Crippen molar-refractivity contribution in [2.75, 3.05) is 16.4 Å². The van der Waals surface area contributed by atoms with Gasteiger partial charge in [-0.3, -0.25) is 14.6 Å². The van der Waals surface area contributed by atoms with Gasteiger partial charge in [-0.25, -0.2) is 30.2 Å². The van der Waals surface area contributed by atoms with Gasteiger partial charge in [0.1, 0.15) is 30.4 Å². The number of ketones is 2. The molecular weight excluding hydrogens is 835 g/mol. The molecular formula is C30H19ClN7Na3O11S3. The van der Waals surface area contributed by atoms with Gasteiger partial charge in [0.05, 0.1) is 42.9 Å². The third-order valence-corrected chi connectivity index (χ3v) is 10.3. The molecule has 0 radical (unpaired) electrons. The van der Waals surface area contributed by atoms with E-state index in [9.17, 15) is 48.5 Å². The number of benzene rings is 4. The van der Waals surface area contributed by atoms with Crippen LogP contribution >= 0.6 is 11.6 Å². The molecule has 1 aliphatic rings. The van der Waals surface area contributed by atoms with Crippen molar-refractivity contribution in [3.63, 3.8) is 0 Å². The topological polar surface area (TPSA) is 310 Å². The third-order valence-electron chi connectivity index (χ3n) is 7.57. The zero-order chi connectivity index (χ0) is 37.9. The minimum atomic E-state index is -5.31. The Morgan fingerprint density at radius 2 is 1.33 bits per heavy atom. The molecule has 0 spiro atoms. The number of H-pyrrole nitrogens is 1. The first-order valence-corrected chi connectivity index (χ1v) is 18.8. The Balaban J connectivity index is 0.00000271. The second kappa shape index (κ2) is 17.5. The molecule has 18 nitrogen and oxygen atoms in total. The molecule has 5 N–H and O–H groups in total. The van der Waals surface area contributed by atoms with Gasteiger partial charge in [-0.15, -0.1) is 0 Å². The maximum absolute atomic E-state index is 13.7. The number of nitrogens with zero attached hydrogens (tertiary/aromatic N) is 3. The van der Waals surface area contributed by atoms with Crippen molar-refractivity contribution in [2.45, 2.75) is 21.6 Å². The van der Waals surface area contributed by atoms with Gasteiger partial charge in [-0.1, -0.05) is 24.3 Å². The number of fused-ring (bicyclic) bond motifs is 2. The van der Waals surface area contributed by atoms with E-state index in [4.69, 9.17) is 17.3 Å². The average molecular weight is 854 g/mol. The summed E-state index contributed by atoms with van der Waals surface area (Å²) in [6, 6.07) is 12.7. The zero-order valence-electron chi connectivity index (χ0n) is 28.9. The summed E-state index contributed by atoms with van der Waals surface area (Å²) in [5.74, 6) is -1.82. The minimum absolute atomic E-state index is 0. The van der Waals surface area contributed by atoms with Gasteiger partial charge < -0.3 is 30.0 Å². The summed E-state index contributed by atoms with van der Waals surface area (Å²) in [6.07, 6.45) is 0. The van der Waals surface area contributed by atoms with Crippen LogP contribution in [0, 0.1) is 6.92 Å². The average Bonchev–Trinajstić information content (AvgIpc) is 3.03. The standard InChI is InChI=1S/C30H22ClN7O11S3.3Na/c1-13-10-15(50(41,42)43)7-8-18(13)34-29-36-28(31)37-30(38-29)35-19-11-14(6-9-21(19)51(44,45)46)33-20-12-22(52(47,48)49)25(32)24-23(20)26(39)16-4-2-3-5-17(16)27(24)40;;;/h2-12,33H,32H2,1H3,(H,41,42,43)(H,44,45,46)(H,47,48,49)(H2,34,35,36,37,38);;;/q;3*+1/p-3. The first-order valence-electron chi connectivity index (χ1n) is 14.2. The number of hydrogen-bond acceptors (Lipinski definition) is 17. The number of rotatable bonds is 8. The molecule has 0 bridgehead atoms. The van der Waals surface area contributed by atoms with Crippen LogP contribution in [-0.2, 0) is 30.4 Å². The molecule has 0 saturated heterocycles. The predicted molar refractivity (Wildman–Crippen MR) is 179 cm³/mol. The van der Waals surface area contributed by atoms with Crippen LogP contribution in [0.3, 0.4) is 0 Å². The van der Waals surface area contributed by atoms with E-state index in [0.29, 0.717) is 5.56 Å². The molecule has 1 heterocycles. The molecule has 4 aromatic carbocycles. The number of carbonyl (C=O) groups excluding carboxylic acids is 2. The largest absolute Gasteiger partial charge is 1.00 e. The number of aromatic amines is 1. The van der Waals surface area contributed by atoms with Crippen molar-refractivity contribution in [3.05, 3.63) is 105 Å². The number of aryl methyl sites for hydroxylation is 1. The number of halogens is 1. The SMILES string of the molecule is Cc1cc(S(=O)(=O)[O-])ccc1Nc1nc(Cl)[nH]c(=Nc2cc(Nc3cc(S(=O)(=O)[O-])c(N)c4c3C(=O)c3ccccc3C4=O)ccc2S(=O)(=O)[O-])n1.[Na+].[Na+].[Na+]. The smallest absolute Gasteiger partial charge is 0.744 e. The molecule has 6 rings (SSSR count). The molecule has 25 heteroatoms. The van der Waals surface area contributed by atoms with Crippen LogP contribution in [0.1, 0.15) is 37.4 Å². The summed E-state index contributed by atoms with van der Waals surface area (Å²) >= 11 is 6.10. The summed E-state index contributed by atoms with van der Waals surface area (Å²) in [5.41, 5.74) is 3.29. The van der Waals surface area contributed by atoms with E-state index in [1.165, 1.54) is 37.3 Å². The van der Waals surface area contributed by atoms with Crippen molar-refractivity contribution in [1.82, 2.24) is 15.0 Å². The van der Waals surface area contributed by atoms with Gasteiger partial charge >= 0.3 is 88.7 Å². The van der Waals surface area contributed by atoms with E-state index in [-0.39, 0.29) is 134 Å². The molecule has 1 aliphatic carbocycles. The molecule has 0 aliphatic heterocycles. The first kappa shape index (κ1) is 46.8. The quantitative estimate of drug-likeness (QED) is 0.0629. The van der Waals surface area contributed by atoms with Gasteiger partial charge in [-0.2, -0.15) is 9.97 Å². The molecule has 0 saturated carbocycles. The second-order valence-electron chi connectivity index (χ2n) is 11.0. The van der Waals surface area contributed by atoms with Crippen LogP contribution in [0.25, 0.3) is 0 Å². The van der Waals surface area contributed by atoms with Gasteiger partial charge in [0.25, 0.3) is 0 Å². The van der Waals surface area contributed by atoms with Crippen molar-refractivity contribution < 1.29 is 137 Å². The number of nitrogens with two attached hydrogens (primary N) is 1. The van der Waals surface area contributed by atoms with E-state index >= 15 is 0 Å². The van der Waals surface area contributed by atoms with Crippen molar-refractivity contribution >= 4 is 87.9 Å². The van der Waals surface area contributed by atoms with Crippen molar-refractivity contribution in [3.8, 4) is 0 Å². The fourth-order valence-corrected chi connectivity index (χ4v) is 7.24. The molecule has 268 valence electrons. The Labute approximate surface area is 383 Å². The monoisotopic (exact) mass is 853 g/mol. The Morgan fingerprint density at radius 3 is 1.89 bits per heavy atom. The van der Waals surface area contributed by atoms with Gasteiger partial charge in [0, 0.05) is 22.5 Å². The van der Waals surface area contributed by atoms with E-state index in [2.05, 4.69) is 30.6 Å². The number of carbonyl (C=O) groups is 2. The molecule has 0 amide bonds. The van der Waals surface area contributed by atoms with E-state index in [1.807, 2.05) is 0 Å². The number of nitrogens with one attached hydrogen (secondary N) is 3. The Bertz CT molecular complexity index is 2820. The van der Waals surface area contributed by atoms with Crippen molar-refractivity contribution in [2.24, 2.45) is 4.99 Å². The molecule has 1 aromatic heterocycles. The van der Waals surface area contributed by atoms with E-state index in [0.717, 1.165) is 36.4 Å². The molecule has 55 heavy (non-hydrogen) atoms. The van der Waals surface area contributed by atoms with Crippen LogP contribution in [0.4, 0.5) is 34.4 Å². The van der Waals surface area contributed by atoms with Crippen LogP contribution in [0.2, 0.25) is 5.28 Å². The van der Waals surface area contributed by atoms with Gasteiger partial charge in [0.2, 0.25) is 16.9 Å². The Morgan fingerprint density at radius 1 is 0.727 bits per heavy atom. The maximum Gasteiger partial charge on any atom is 1.00 e. The van der Waals surface area contributed by atoms with Gasteiger partial charge in [0.15, 0.2) is 11.6 Å². The van der Waals surface area contributed by atoms with E-state index in [1.54, 1.807) is 0 Å². The number of anilines is 5. The summed E-state index contributed by atoms with van der Waals surface area (Å²) in [7, 11) is -15.3. The number of hydrogen-bond donors (Lipinski definition) is 4. The summed E-state index contributed by atoms with van der Waals surface area (Å²) in [5, 5.41) is 5.12. The molecule has 5 aromatic rings. The fraction of sp³-hybridized carbons (Fsp3) is 0.0333.